The third-order valence-electron chi connectivity index (χ3n) is 3.69. The topological polar surface area (TPSA) is 60.4 Å². The minimum Gasteiger partial charge on any atom is -0.550 e. The monoisotopic (exact) mass is 219 g/mol. The van der Waals surface area contributed by atoms with Crippen molar-refractivity contribution < 1.29 is 15.0 Å². The summed E-state index contributed by atoms with van der Waals surface area (Å²) in [6.45, 7) is 4.14. The van der Waals surface area contributed by atoms with E-state index in [1.807, 2.05) is 12.1 Å². The van der Waals surface area contributed by atoms with Gasteiger partial charge in [0.2, 0.25) is 0 Å². The van der Waals surface area contributed by atoms with Gasteiger partial charge >= 0.3 is 0 Å². The second-order valence-corrected chi connectivity index (χ2v) is 5.07. The van der Waals surface area contributed by atoms with Crippen molar-refractivity contribution in [3.8, 4) is 5.75 Å². The molecule has 16 heavy (non-hydrogen) atoms. The molecule has 2 rings (SSSR count). The third-order valence-corrected chi connectivity index (χ3v) is 3.69. The van der Waals surface area contributed by atoms with Crippen LogP contribution < -0.4 is 5.11 Å². The minimum absolute atomic E-state index is 0.0110. The molecule has 2 atom stereocenters. The number of carboxylic acids is 1. The number of phenols is 1. The molecule has 1 aromatic rings. The zero-order valence-corrected chi connectivity index (χ0v) is 9.43. The Balaban J connectivity index is 2.17. The largest absolute Gasteiger partial charge is 0.550 e. The van der Waals surface area contributed by atoms with E-state index in [0.29, 0.717) is 0 Å². The lowest BCUT2D eigenvalue weighted by atomic mass is 10.0. The fraction of sp³-hybridized carbons (Fsp3) is 0.462. The Labute approximate surface area is 94.7 Å². The summed E-state index contributed by atoms with van der Waals surface area (Å²) in [6.07, 6.45) is 0.110. The zero-order valence-electron chi connectivity index (χ0n) is 9.43. The maximum absolute atomic E-state index is 10.6. The number of hydrogen-bond donors (Lipinski definition) is 1. The minimum atomic E-state index is -0.987. The van der Waals surface area contributed by atoms with Gasteiger partial charge in [-0.3, -0.25) is 0 Å². The Hall–Kier alpha value is -1.51. The fourth-order valence-electron chi connectivity index (χ4n) is 2.65. The summed E-state index contributed by atoms with van der Waals surface area (Å²) in [7, 11) is 0. The summed E-state index contributed by atoms with van der Waals surface area (Å²) in [4.78, 5) is 10.6. The molecule has 0 aromatic heterocycles. The van der Waals surface area contributed by atoms with E-state index < -0.39 is 5.97 Å². The normalized spacial score (nSPS) is 26.4. The van der Waals surface area contributed by atoms with E-state index in [4.69, 9.17) is 0 Å². The Kier molecular flexibility index (Phi) is 2.41. The van der Waals surface area contributed by atoms with E-state index in [2.05, 4.69) is 13.8 Å². The van der Waals surface area contributed by atoms with E-state index in [0.717, 1.165) is 5.56 Å². The van der Waals surface area contributed by atoms with Crippen LogP contribution in [0.15, 0.2) is 24.3 Å². The SMILES string of the molecule is CC1(C)C(CC(=O)[O-])C1c1ccc(O)cc1. The van der Waals surface area contributed by atoms with Crippen LogP contribution in [0.1, 0.15) is 31.7 Å². The molecule has 0 saturated heterocycles. The first-order chi connectivity index (χ1) is 7.43. The highest BCUT2D eigenvalue weighted by Crippen LogP contribution is 2.65. The van der Waals surface area contributed by atoms with Gasteiger partial charge in [0.15, 0.2) is 0 Å². The predicted molar refractivity (Wildman–Crippen MR) is 57.7 cm³/mol. The van der Waals surface area contributed by atoms with Crippen molar-refractivity contribution in [2.45, 2.75) is 26.2 Å². The Morgan fingerprint density at radius 1 is 1.38 bits per heavy atom. The van der Waals surface area contributed by atoms with E-state index in [-0.39, 0.29) is 29.4 Å². The van der Waals surface area contributed by atoms with Crippen LogP contribution in [0.2, 0.25) is 0 Å². The van der Waals surface area contributed by atoms with E-state index in [1.165, 1.54) is 0 Å². The number of phenolic OH excluding ortho intramolecular Hbond substituents is 1. The Morgan fingerprint density at radius 3 is 2.44 bits per heavy atom. The van der Waals surface area contributed by atoms with Gasteiger partial charge in [0.25, 0.3) is 0 Å². The molecule has 3 heteroatoms. The second-order valence-electron chi connectivity index (χ2n) is 5.07. The second kappa shape index (κ2) is 3.51. The van der Waals surface area contributed by atoms with Crippen molar-refractivity contribution in [1.29, 1.82) is 0 Å². The van der Waals surface area contributed by atoms with E-state index in [9.17, 15) is 15.0 Å². The van der Waals surface area contributed by atoms with Gasteiger partial charge < -0.3 is 15.0 Å². The Bertz CT molecular complexity index is 406. The average molecular weight is 219 g/mol. The molecule has 1 N–H and O–H groups in total. The summed E-state index contributed by atoms with van der Waals surface area (Å²) in [5.74, 6) is -0.356. The van der Waals surface area contributed by atoms with Crippen LogP contribution >= 0.6 is 0 Å². The molecule has 1 aromatic carbocycles. The van der Waals surface area contributed by atoms with Crippen LogP contribution in [0.4, 0.5) is 0 Å². The van der Waals surface area contributed by atoms with Gasteiger partial charge in [-0.15, -0.1) is 0 Å². The highest BCUT2D eigenvalue weighted by atomic mass is 16.4. The first kappa shape index (κ1) is 11.0. The first-order valence-electron chi connectivity index (χ1n) is 5.41. The van der Waals surface area contributed by atoms with Crippen molar-refractivity contribution in [2.75, 3.05) is 0 Å². The molecule has 0 radical (unpaired) electrons. The number of carbonyl (C=O) groups is 1. The fourth-order valence-corrected chi connectivity index (χ4v) is 2.65. The summed E-state index contributed by atoms with van der Waals surface area (Å²) in [6, 6.07) is 6.99. The van der Waals surface area contributed by atoms with E-state index >= 15 is 0 Å². The number of carbonyl (C=O) groups excluding carboxylic acids is 1. The number of benzene rings is 1. The molecule has 0 amide bonds. The summed E-state index contributed by atoms with van der Waals surface area (Å²) in [5.41, 5.74) is 1.10. The van der Waals surface area contributed by atoms with Crippen LogP contribution in [-0.4, -0.2) is 11.1 Å². The molecular weight excluding hydrogens is 204 g/mol. The predicted octanol–water partition coefficient (Wildman–Crippen LogP) is 1.27. The van der Waals surface area contributed by atoms with E-state index in [1.54, 1.807) is 12.1 Å². The first-order valence-corrected chi connectivity index (χ1v) is 5.41. The smallest absolute Gasteiger partial charge is 0.115 e. The lowest BCUT2D eigenvalue weighted by Gasteiger charge is -2.02. The van der Waals surface area contributed by atoms with Crippen molar-refractivity contribution in [3.63, 3.8) is 0 Å². The number of aliphatic carboxylic acids is 1. The number of aromatic hydroxyl groups is 1. The maximum atomic E-state index is 10.6. The molecule has 0 heterocycles. The lowest BCUT2D eigenvalue weighted by molar-refractivity contribution is -0.306. The average Bonchev–Trinajstić information content (AvgIpc) is 2.69. The van der Waals surface area contributed by atoms with Gasteiger partial charge in [0.1, 0.15) is 5.75 Å². The molecule has 1 saturated carbocycles. The van der Waals surface area contributed by atoms with Crippen molar-refractivity contribution in [3.05, 3.63) is 29.8 Å². The molecule has 0 bridgehead atoms. The molecule has 86 valence electrons. The van der Waals surface area contributed by atoms with Gasteiger partial charge in [-0.2, -0.15) is 0 Å². The van der Waals surface area contributed by atoms with Crippen molar-refractivity contribution in [2.24, 2.45) is 11.3 Å². The van der Waals surface area contributed by atoms with Gasteiger partial charge in [-0.25, -0.2) is 0 Å². The van der Waals surface area contributed by atoms with Gasteiger partial charge in [-0.1, -0.05) is 26.0 Å². The maximum Gasteiger partial charge on any atom is 0.115 e. The number of rotatable bonds is 3. The van der Waals surface area contributed by atoms with Gasteiger partial charge in [0, 0.05) is 5.97 Å². The van der Waals surface area contributed by atoms with Crippen LogP contribution in [0.5, 0.6) is 5.75 Å². The van der Waals surface area contributed by atoms with Gasteiger partial charge in [-0.05, 0) is 41.4 Å². The van der Waals surface area contributed by atoms with Crippen LogP contribution in [-0.2, 0) is 4.79 Å². The third kappa shape index (κ3) is 1.77. The zero-order chi connectivity index (χ0) is 11.9. The molecule has 0 aliphatic heterocycles. The number of hydrogen-bond acceptors (Lipinski definition) is 3. The lowest BCUT2D eigenvalue weighted by Crippen LogP contribution is -2.23. The van der Waals surface area contributed by atoms with Gasteiger partial charge in [0.05, 0.1) is 0 Å². The number of carboxylic acid groups (broad SMARTS) is 1. The highest BCUT2D eigenvalue weighted by Gasteiger charge is 2.57. The molecule has 3 nitrogen and oxygen atoms in total. The summed E-state index contributed by atoms with van der Waals surface area (Å²) < 4.78 is 0. The standard InChI is InChI=1S/C13H16O3/c1-13(2)10(7-11(15)16)12(13)8-3-5-9(14)6-4-8/h3-6,10,12,14H,7H2,1-2H3,(H,15,16)/p-1. The molecule has 2 unspecified atom stereocenters. The highest BCUT2D eigenvalue weighted by molar-refractivity contribution is 5.66. The quantitative estimate of drug-likeness (QED) is 0.832. The molecular formula is C13H15O3-. The Morgan fingerprint density at radius 2 is 1.94 bits per heavy atom. The summed E-state index contributed by atoms with van der Waals surface area (Å²) in [5, 5.41) is 19.8. The van der Waals surface area contributed by atoms with Crippen molar-refractivity contribution >= 4 is 5.97 Å². The molecule has 1 aliphatic carbocycles. The molecule has 1 fully saturated rings. The van der Waals surface area contributed by atoms with Crippen LogP contribution in [0.25, 0.3) is 0 Å². The van der Waals surface area contributed by atoms with Crippen molar-refractivity contribution in [1.82, 2.24) is 0 Å². The van der Waals surface area contributed by atoms with Crippen LogP contribution in [0.3, 0.4) is 0 Å². The van der Waals surface area contributed by atoms with Crippen LogP contribution in [0, 0.1) is 11.3 Å². The molecule has 1 aliphatic rings. The summed E-state index contributed by atoms with van der Waals surface area (Å²) >= 11 is 0. The molecule has 0 spiro atoms.